The zero-order chi connectivity index (χ0) is 15.2. The second kappa shape index (κ2) is 4.58. The molecule has 2 aromatic heterocycles. The lowest BCUT2D eigenvalue weighted by atomic mass is 10.0. The highest BCUT2D eigenvalue weighted by Gasteiger charge is 2.34. The van der Waals surface area contributed by atoms with Crippen LogP contribution in [0.25, 0.3) is 22.2 Å². The van der Waals surface area contributed by atoms with E-state index in [-0.39, 0.29) is 5.65 Å². The Labute approximate surface area is 119 Å². The minimum absolute atomic E-state index is 0.237. The monoisotopic (exact) mass is 291 g/mol. The standard InChI is InChI=1S/C15H12F3N3/c1-9-13-11(10-6-4-3-5-7-10)8-12(15(16,17)18)19-14(13)21(2)20-9/h3-8H,1-2H3. The molecule has 0 spiro atoms. The Bertz CT molecular complexity index is 804. The van der Waals surface area contributed by atoms with Crippen LogP contribution in [0.1, 0.15) is 11.4 Å². The highest BCUT2D eigenvalue weighted by atomic mass is 19.4. The van der Waals surface area contributed by atoms with Crippen molar-refractivity contribution in [1.29, 1.82) is 0 Å². The molecule has 0 fully saturated rings. The van der Waals surface area contributed by atoms with Crippen LogP contribution in [0.4, 0.5) is 13.2 Å². The molecule has 3 rings (SSSR count). The fourth-order valence-corrected chi connectivity index (χ4v) is 2.44. The van der Waals surface area contributed by atoms with Crippen LogP contribution >= 0.6 is 0 Å². The Balaban J connectivity index is 2.41. The lowest BCUT2D eigenvalue weighted by molar-refractivity contribution is -0.140. The van der Waals surface area contributed by atoms with Crippen LogP contribution in [0, 0.1) is 6.92 Å². The first-order valence-electron chi connectivity index (χ1n) is 6.35. The molecule has 3 aromatic rings. The molecular formula is C15H12F3N3. The van der Waals surface area contributed by atoms with E-state index >= 15 is 0 Å². The summed E-state index contributed by atoms with van der Waals surface area (Å²) in [6.07, 6.45) is -4.49. The molecule has 0 saturated heterocycles. The van der Waals surface area contributed by atoms with Crippen molar-refractivity contribution in [1.82, 2.24) is 14.8 Å². The smallest absolute Gasteiger partial charge is 0.250 e. The van der Waals surface area contributed by atoms with E-state index in [4.69, 9.17) is 0 Å². The Morgan fingerprint density at radius 1 is 1.10 bits per heavy atom. The summed E-state index contributed by atoms with van der Waals surface area (Å²) in [6.45, 7) is 1.77. The second-order valence-corrected chi connectivity index (χ2v) is 4.83. The lowest BCUT2D eigenvalue weighted by Gasteiger charge is -2.10. The average molecular weight is 291 g/mol. The second-order valence-electron chi connectivity index (χ2n) is 4.83. The largest absolute Gasteiger partial charge is 0.433 e. The fourth-order valence-electron chi connectivity index (χ4n) is 2.44. The maximum atomic E-state index is 13.1. The number of rotatable bonds is 1. The minimum Gasteiger partial charge on any atom is -0.250 e. The average Bonchev–Trinajstić information content (AvgIpc) is 2.73. The van der Waals surface area contributed by atoms with Crippen LogP contribution in [0.3, 0.4) is 0 Å². The summed E-state index contributed by atoms with van der Waals surface area (Å²) in [5, 5.41) is 4.84. The SMILES string of the molecule is Cc1nn(C)c2nc(C(F)(F)F)cc(-c3ccccc3)c12. The maximum Gasteiger partial charge on any atom is 0.433 e. The number of benzene rings is 1. The normalized spacial score (nSPS) is 12.0. The van der Waals surface area contributed by atoms with Crippen LogP contribution < -0.4 is 0 Å². The van der Waals surface area contributed by atoms with Crippen molar-refractivity contribution in [3.63, 3.8) is 0 Å². The van der Waals surface area contributed by atoms with Gasteiger partial charge in [0.25, 0.3) is 0 Å². The number of fused-ring (bicyclic) bond motifs is 1. The van der Waals surface area contributed by atoms with Gasteiger partial charge in [0.1, 0.15) is 5.69 Å². The quantitative estimate of drug-likeness (QED) is 0.679. The van der Waals surface area contributed by atoms with Gasteiger partial charge in [0, 0.05) is 12.4 Å². The van der Waals surface area contributed by atoms with Crippen molar-refractivity contribution < 1.29 is 13.2 Å². The molecule has 0 unspecified atom stereocenters. The van der Waals surface area contributed by atoms with Gasteiger partial charge >= 0.3 is 6.18 Å². The van der Waals surface area contributed by atoms with Crippen molar-refractivity contribution in [2.45, 2.75) is 13.1 Å². The van der Waals surface area contributed by atoms with E-state index in [2.05, 4.69) is 10.1 Å². The summed E-state index contributed by atoms with van der Waals surface area (Å²) in [5.74, 6) is 0. The summed E-state index contributed by atoms with van der Waals surface area (Å²) in [7, 11) is 1.59. The third kappa shape index (κ3) is 2.26. The van der Waals surface area contributed by atoms with Gasteiger partial charge in [-0.2, -0.15) is 18.3 Å². The topological polar surface area (TPSA) is 30.7 Å². The molecule has 1 aromatic carbocycles. The number of aryl methyl sites for hydroxylation is 2. The molecule has 6 heteroatoms. The van der Waals surface area contributed by atoms with Crippen molar-refractivity contribution in [3.05, 3.63) is 47.8 Å². The molecule has 0 atom stereocenters. The summed E-state index contributed by atoms with van der Waals surface area (Å²) in [4.78, 5) is 3.73. The number of nitrogens with zero attached hydrogens (tertiary/aromatic N) is 3. The molecule has 0 radical (unpaired) electrons. The molecule has 2 heterocycles. The van der Waals surface area contributed by atoms with E-state index in [1.165, 1.54) is 4.68 Å². The molecule has 0 aliphatic heterocycles. The molecule has 3 nitrogen and oxygen atoms in total. The zero-order valence-corrected chi connectivity index (χ0v) is 11.4. The van der Waals surface area contributed by atoms with E-state index < -0.39 is 11.9 Å². The van der Waals surface area contributed by atoms with Crippen LogP contribution in [0.15, 0.2) is 36.4 Å². The summed E-state index contributed by atoms with van der Waals surface area (Å²) >= 11 is 0. The maximum absolute atomic E-state index is 13.1. The van der Waals surface area contributed by atoms with E-state index in [1.54, 1.807) is 38.2 Å². The first-order valence-corrected chi connectivity index (χ1v) is 6.35. The van der Waals surface area contributed by atoms with Gasteiger partial charge in [0.05, 0.1) is 5.69 Å². The Hall–Kier alpha value is -2.37. The first-order chi connectivity index (χ1) is 9.88. The van der Waals surface area contributed by atoms with Crippen LogP contribution in [0.2, 0.25) is 0 Å². The van der Waals surface area contributed by atoms with Crippen molar-refractivity contribution >= 4 is 11.0 Å². The molecular weight excluding hydrogens is 279 g/mol. The van der Waals surface area contributed by atoms with Gasteiger partial charge < -0.3 is 0 Å². The van der Waals surface area contributed by atoms with Gasteiger partial charge in [-0.15, -0.1) is 0 Å². The number of hydrogen-bond donors (Lipinski definition) is 0. The highest BCUT2D eigenvalue weighted by molar-refractivity contribution is 5.95. The summed E-state index contributed by atoms with van der Waals surface area (Å²) in [6, 6.07) is 10.1. The third-order valence-electron chi connectivity index (χ3n) is 3.34. The van der Waals surface area contributed by atoms with E-state index in [0.717, 1.165) is 6.07 Å². The van der Waals surface area contributed by atoms with Crippen molar-refractivity contribution in [2.75, 3.05) is 0 Å². The van der Waals surface area contributed by atoms with Gasteiger partial charge in [-0.1, -0.05) is 30.3 Å². The molecule has 0 bridgehead atoms. The molecule has 108 valence electrons. The highest BCUT2D eigenvalue weighted by Crippen LogP contribution is 2.36. The molecule has 0 saturated carbocycles. The van der Waals surface area contributed by atoms with Gasteiger partial charge in [-0.25, -0.2) is 4.98 Å². The van der Waals surface area contributed by atoms with Crippen LogP contribution in [-0.2, 0) is 13.2 Å². The van der Waals surface area contributed by atoms with Crippen molar-refractivity contribution in [2.24, 2.45) is 7.05 Å². The fraction of sp³-hybridized carbons (Fsp3) is 0.200. The van der Waals surface area contributed by atoms with Gasteiger partial charge in [0.15, 0.2) is 5.65 Å². The van der Waals surface area contributed by atoms with Crippen LogP contribution in [0.5, 0.6) is 0 Å². The van der Waals surface area contributed by atoms with Gasteiger partial charge in [-0.05, 0) is 24.1 Å². The molecule has 0 N–H and O–H groups in total. The Morgan fingerprint density at radius 2 is 1.76 bits per heavy atom. The van der Waals surface area contributed by atoms with E-state index in [9.17, 15) is 13.2 Å². The van der Waals surface area contributed by atoms with E-state index in [0.29, 0.717) is 22.2 Å². The Kier molecular flexibility index (Phi) is 2.97. The minimum atomic E-state index is -4.49. The number of pyridine rings is 1. The number of hydrogen-bond acceptors (Lipinski definition) is 2. The Morgan fingerprint density at radius 3 is 2.38 bits per heavy atom. The summed E-state index contributed by atoms with van der Waals surface area (Å²) < 4.78 is 40.6. The molecule has 0 aliphatic rings. The van der Waals surface area contributed by atoms with Crippen LogP contribution in [-0.4, -0.2) is 14.8 Å². The first kappa shape index (κ1) is 13.6. The number of halogens is 3. The number of alkyl halides is 3. The zero-order valence-electron chi connectivity index (χ0n) is 11.4. The molecule has 0 aliphatic carbocycles. The van der Waals surface area contributed by atoms with E-state index in [1.807, 2.05) is 6.07 Å². The summed E-state index contributed by atoms with van der Waals surface area (Å²) in [5.41, 5.74) is 1.20. The predicted molar refractivity (Wildman–Crippen MR) is 73.7 cm³/mol. The predicted octanol–water partition coefficient (Wildman–Crippen LogP) is 3.96. The van der Waals surface area contributed by atoms with Crippen molar-refractivity contribution in [3.8, 4) is 11.1 Å². The lowest BCUT2D eigenvalue weighted by Crippen LogP contribution is -2.09. The molecule has 0 amide bonds. The number of aromatic nitrogens is 3. The molecule has 21 heavy (non-hydrogen) atoms. The third-order valence-corrected chi connectivity index (χ3v) is 3.34. The van der Waals surface area contributed by atoms with Gasteiger partial charge in [0.2, 0.25) is 0 Å². The van der Waals surface area contributed by atoms with Gasteiger partial charge in [-0.3, -0.25) is 4.68 Å².